The highest BCUT2D eigenvalue weighted by Gasteiger charge is 2.46. The van der Waals surface area contributed by atoms with E-state index in [9.17, 15) is 9.59 Å². The fourth-order valence-corrected chi connectivity index (χ4v) is 2.94. The minimum atomic E-state index is -0.689. The van der Waals surface area contributed by atoms with Crippen LogP contribution in [0.2, 0.25) is 0 Å². The van der Waals surface area contributed by atoms with Gasteiger partial charge in [-0.3, -0.25) is 9.59 Å². The Kier molecular flexibility index (Phi) is 4.15. The summed E-state index contributed by atoms with van der Waals surface area (Å²) >= 11 is 0. The maximum atomic E-state index is 12.6. The van der Waals surface area contributed by atoms with Crippen molar-refractivity contribution in [2.24, 2.45) is 11.7 Å². The quantitative estimate of drug-likeness (QED) is 0.898. The fourth-order valence-electron chi connectivity index (χ4n) is 2.94. The zero-order valence-electron chi connectivity index (χ0n) is 13.9. The van der Waals surface area contributed by atoms with Crippen molar-refractivity contribution in [2.45, 2.75) is 45.1 Å². The van der Waals surface area contributed by atoms with Crippen LogP contribution in [0.3, 0.4) is 0 Å². The van der Waals surface area contributed by atoms with Crippen molar-refractivity contribution in [2.75, 3.05) is 18.4 Å². The molecule has 0 unspecified atom stereocenters. The van der Waals surface area contributed by atoms with Gasteiger partial charge in [0.2, 0.25) is 5.91 Å². The summed E-state index contributed by atoms with van der Waals surface area (Å²) < 4.78 is 0. The number of amides is 2. The van der Waals surface area contributed by atoms with Gasteiger partial charge in [0.15, 0.2) is 0 Å². The second kappa shape index (κ2) is 5.96. The van der Waals surface area contributed by atoms with E-state index in [-0.39, 0.29) is 11.8 Å². The molecule has 1 saturated heterocycles. The smallest absolute Gasteiger partial charge is 0.253 e. The van der Waals surface area contributed by atoms with Gasteiger partial charge in [-0.05, 0) is 62.3 Å². The molecule has 23 heavy (non-hydrogen) atoms. The molecule has 5 nitrogen and oxygen atoms in total. The Morgan fingerprint density at radius 2 is 1.91 bits per heavy atom. The molecule has 5 heteroatoms. The van der Waals surface area contributed by atoms with Gasteiger partial charge >= 0.3 is 0 Å². The zero-order chi connectivity index (χ0) is 16.6. The van der Waals surface area contributed by atoms with E-state index in [1.54, 1.807) is 12.1 Å². The van der Waals surface area contributed by atoms with E-state index in [0.717, 1.165) is 50.0 Å². The van der Waals surface area contributed by atoms with Crippen molar-refractivity contribution < 1.29 is 9.59 Å². The summed E-state index contributed by atoms with van der Waals surface area (Å²) in [4.78, 5) is 26.5. The number of likely N-dealkylation sites (tertiary alicyclic amines) is 1. The zero-order valence-corrected chi connectivity index (χ0v) is 13.9. The van der Waals surface area contributed by atoms with Crippen molar-refractivity contribution in [1.29, 1.82) is 0 Å². The molecule has 0 aromatic heterocycles. The van der Waals surface area contributed by atoms with Crippen molar-refractivity contribution in [3.63, 3.8) is 0 Å². The highest BCUT2D eigenvalue weighted by Crippen LogP contribution is 2.33. The van der Waals surface area contributed by atoms with Crippen molar-refractivity contribution in [1.82, 2.24) is 4.90 Å². The fraction of sp³-hybridized carbons (Fsp3) is 0.556. The number of hydrogen-bond donors (Lipinski definition) is 2. The van der Waals surface area contributed by atoms with Gasteiger partial charge in [-0.25, -0.2) is 0 Å². The minimum absolute atomic E-state index is 0.0790. The molecule has 1 aromatic rings. The Bertz CT molecular complexity index is 629. The lowest BCUT2D eigenvalue weighted by molar-refractivity contribution is -0.118. The second-order valence-electron chi connectivity index (χ2n) is 7.11. The van der Waals surface area contributed by atoms with Gasteiger partial charge < -0.3 is 16.0 Å². The molecule has 1 heterocycles. The van der Waals surface area contributed by atoms with Crippen LogP contribution >= 0.6 is 0 Å². The molecule has 124 valence electrons. The van der Waals surface area contributed by atoms with Crippen LogP contribution in [0.1, 0.15) is 48.5 Å². The number of nitrogens with two attached hydrogens (primary N) is 1. The Morgan fingerprint density at radius 1 is 1.26 bits per heavy atom. The number of nitrogens with zero attached hydrogens (tertiary/aromatic N) is 1. The largest absolute Gasteiger partial charge is 0.339 e. The lowest BCUT2D eigenvalue weighted by Crippen LogP contribution is -2.38. The average Bonchev–Trinajstić information content (AvgIpc) is 3.28. The summed E-state index contributed by atoms with van der Waals surface area (Å²) in [5.41, 5.74) is 7.52. The van der Waals surface area contributed by atoms with Gasteiger partial charge in [0.25, 0.3) is 5.91 Å². The first-order valence-electron chi connectivity index (χ1n) is 8.39. The van der Waals surface area contributed by atoms with Crippen LogP contribution in [-0.4, -0.2) is 35.3 Å². The van der Waals surface area contributed by atoms with E-state index < -0.39 is 5.54 Å². The number of carbonyl (C=O) groups excluding carboxylic acids is 2. The molecule has 1 aliphatic heterocycles. The van der Waals surface area contributed by atoms with Crippen LogP contribution < -0.4 is 11.1 Å². The third-order valence-corrected chi connectivity index (χ3v) is 5.03. The third kappa shape index (κ3) is 3.39. The maximum Gasteiger partial charge on any atom is 0.253 e. The molecular formula is C18H25N3O2. The van der Waals surface area contributed by atoms with Gasteiger partial charge in [0, 0.05) is 24.3 Å². The van der Waals surface area contributed by atoms with E-state index in [1.165, 1.54) is 0 Å². The average molecular weight is 315 g/mol. The Morgan fingerprint density at radius 3 is 2.48 bits per heavy atom. The number of nitrogens with one attached hydrogen (secondary N) is 1. The number of piperidine rings is 1. The van der Waals surface area contributed by atoms with Gasteiger partial charge in [-0.1, -0.05) is 6.92 Å². The van der Waals surface area contributed by atoms with E-state index in [1.807, 2.05) is 17.9 Å². The van der Waals surface area contributed by atoms with Crippen LogP contribution in [0, 0.1) is 12.8 Å². The monoisotopic (exact) mass is 315 g/mol. The van der Waals surface area contributed by atoms with Crippen molar-refractivity contribution >= 4 is 17.5 Å². The first-order valence-corrected chi connectivity index (χ1v) is 8.39. The maximum absolute atomic E-state index is 12.6. The highest BCUT2D eigenvalue weighted by molar-refractivity contribution is 6.01. The van der Waals surface area contributed by atoms with E-state index in [4.69, 9.17) is 5.73 Å². The van der Waals surface area contributed by atoms with Gasteiger partial charge in [-0.2, -0.15) is 0 Å². The lowest BCUT2D eigenvalue weighted by Gasteiger charge is -2.30. The number of aryl methyl sites for hydroxylation is 1. The standard InChI is InChI=1S/C18H25N3O2/c1-12-5-9-21(10-6-12)16(22)14-3-4-15(13(2)11-14)20-17(23)18(19)7-8-18/h3-4,11-12H,5-10,19H2,1-2H3,(H,20,23). The third-order valence-electron chi connectivity index (χ3n) is 5.03. The number of hydrogen-bond acceptors (Lipinski definition) is 3. The summed E-state index contributed by atoms with van der Waals surface area (Å²) in [5, 5.41) is 2.88. The SMILES string of the molecule is Cc1cc(C(=O)N2CCC(C)CC2)ccc1NC(=O)C1(N)CC1. The molecular weight excluding hydrogens is 290 g/mol. The Hall–Kier alpha value is -1.88. The summed E-state index contributed by atoms with van der Waals surface area (Å²) in [5.74, 6) is 0.643. The van der Waals surface area contributed by atoms with Crippen LogP contribution in [0.5, 0.6) is 0 Å². The summed E-state index contributed by atoms with van der Waals surface area (Å²) in [6.07, 6.45) is 3.61. The molecule has 1 aromatic carbocycles. The van der Waals surface area contributed by atoms with E-state index >= 15 is 0 Å². The summed E-state index contributed by atoms with van der Waals surface area (Å²) in [6, 6.07) is 5.45. The Balaban J connectivity index is 1.69. The lowest BCUT2D eigenvalue weighted by atomic mass is 9.98. The van der Waals surface area contributed by atoms with Crippen LogP contribution in [0.4, 0.5) is 5.69 Å². The first kappa shape index (κ1) is 16.0. The summed E-state index contributed by atoms with van der Waals surface area (Å²) in [7, 11) is 0. The van der Waals surface area contributed by atoms with E-state index in [0.29, 0.717) is 11.5 Å². The van der Waals surface area contributed by atoms with E-state index in [2.05, 4.69) is 12.2 Å². The minimum Gasteiger partial charge on any atom is -0.339 e. The normalized spacial score (nSPS) is 20.2. The molecule has 2 amide bonds. The predicted molar refractivity (Wildman–Crippen MR) is 90.3 cm³/mol. The van der Waals surface area contributed by atoms with Crippen molar-refractivity contribution in [3.8, 4) is 0 Å². The first-order chi connectivity index (χ1) is 10.9. The van der Waals surface area contributed by atoms with Crippen LogP contribution in [0.25, 0.3) is 0 Å². The molecule has 0 atom stereocenters. The Labute approximate surface area is 137 Å². The number of anilines is 1. The predicted octanol–water partition coefficient (Wildman–Crippen LogP) is 2.30. The number of rotatable bonds is 3. The van der Waals surface area contributed by atoms with Gasteiger partial charge in [0.05, 0.1) is 5.54 Å². The van der Waals surface area contributed by atoms with Gasteiger partial charge in [-0.15, -0.1) is 0 Å². The topological polar surface area (TPSA) is 75.4 Å². The molecule has 3 rings (SSSR count). The molecule has 1 saturated carbocycles. The summed E-state index contributed by atoms with van der Waals surface area (Å²) in [6.45, 7) is 5.79. The van der Waals surface area contributed by atoms with Crippen LogP contribution in [0.15, 0.2) is 18.2 Å². The molecule has 2 fully saturated rings. The number of benzene rings is 1. The highest BCUT2D eigenvalue weighted by atomic mass is 16.2. The molecule has 0 spiro atoms. The molecule has 1 aliphatic carbocycles. The van der Waals surface area contributed by atoms with Crippen molar-refractivity contribution in [3.05, 3.63) is 29.3 Å². The van der Waals surface area contributed by atoms with Crippen LogP contribution in [-0.2, 0) is 4.79 Å². The molecule has 0 bridgehead atoms. The molecule has 0 radical (unpaired) electrons. The number of carbonyl (C=O) groups is 2. The second-order valence-corrected chi connectivity index (χ2v) is 7.11. The molecule has 3 N–H and O–H groups in total. The molecule has 2 aliphatic rings. The van der Waals surface area contributed by atoms with Gasteiger partial charge in [0.1, 0.15) is 0 Å².